The number of hydrogen-bond donors (Lipinski definition) is 0. The van der Waals surface area contributed by atoms with E-state index in [1.807, 2.05) is 42.5 Å². The number of benzene rings is 2. The molecule has 0 N–H and O–H groups in total. The van der Waals surface area contributed by atoms with Gasteiger partial charge in [0.1, 0.15) is 12.4 Å². The smallest absolute Gasteiger partial charge is 0.410 e. The zero-order valence-electron chi connectivity index (χ0n) is 13.0. The molecular weight excluding hydrogens is 310 g/mol. The quantitative estimate of drug-likeness (QED) is 0.855. The first-order valence-electron chi connectivity index (χ1n) is 7.51. The third-order valence-corrected chi connectivity index (χ3v) is 4.81. The van der Waals surface area contributed by atoms with Gasteiger partial charge in [-0.3, -0.25) is 0 Å². The maximum Gasteiger partial charge on any atom is 0.410 e. The van der Waals surface area contributed by atoms with Gasteiger partial charge in [-0.05, 0) is 29.3 Å². The van der Waals surface area contributed by atoms with Gasteiger partial charge in [0, 0.05) is 17.2 Å². The van der Waals surface area contributed by atoms with Gasteiger partial charge < -0.3 is 14.4 Å². The number of carbonyl (C=O) groups is 1. The van der Waals surface area contributed by atoms with Crippen molar-refractivity contribution in [1.82, 2.24) is 4.90 Å². The van der Waals surface area contributed by atoms with Crippen molar-refractivity contribution in [2.75, 3.05) is 19.4 Å². The number of thioether (sulfide) groups is 1. The molecule has 0 fully saturated rings. The molecule has 0 atom stereocenters. The number of amides is 1. The third-order valence-electron chi connectivity index (χ3n) is 3.71. The van der Waals surface area contributed by atoms with E-state index in [2.05, 4.69) is 6.07 Å². The Morgan fingerprint density at radius 2 is 2.04 bits per heavy atom. The minimum atomic E-state index is -0.273. The summed E-state index contributed by atoms with van der Waals surface area (Å²) in [4.78, 5) is 15.3. The van der Waals surface area contributed by atoms with E-state index < -0.39 is 0 Å². The highest BCUT2D eigenvalue weighted by Crippen LogP contribution is 2.30. The van der Waals surface area contributed by atoms with Crippen LogP contribution in [0.3, 0.4) is 0 Å². The Bertz CT molecular complexity index is 675. The summed E-state index contributed by atoms with van der Waals surface area (Å²) in [6.07, 6.45) is -0.273. The first kappa shape index (κ1) is 15.7. The Labute approximate surface area is 140 Å². The van der Waals surface area contributed by atoms with Crippen LogP contribution < -0.4 is 4.74 Å². The van der Waals surface area contributed by atoms with Crippen LogP contribution in [-0.4, -0.2) is 30.4 Å². The van der Waals surface area contributed by atoms with Crippen molar-refractivity contribution in [2.24, 2.45) is 0 Å². The standard InChI is InChI=1S/C18H19NO3S/c1-21-16-7-8-17-15(11-16)12-19(9-10-23-17)18(20)22-13-14-5-3-2-4-6-14/h2-8,11H,9-10,12-13H2,1H3. The van der Waals surface area contributed by atoms with Crippen LogP contribution in [0.4, 0.5) is 4.79 Å². The Kier molecular flexibility index (Phi) is 5.08. The van der Waals surface area contributed by atoms with Crippen LogP contribution in [0.2, 0.25) is 0 Å². The van der Waals surface area contributed by atoms with Crippen molar-refractivity contribution in [2.45, 2.75) is 18.0 Å². The van der Waals surface area contributed by atoms with Crippen molar-refractivity contribution in [1.29, 1.82) is 0 Å². The van der Waals surface area contributed by atoms with Gasteiger partial charge in [0.05, 0.1) is 13.7 Å². The highest BCUT2D eigenvalue weighted by atomic mass is 32.2. The van der Waals surface area contributed by atoms with Crippen molar-refractivity contribution in [3.8, 4) is 5.75 Å². The summed E-state index contributed by atoms with van der Waals surface area (Å²) in [5.41, 5.74) is 2.09. The number of ether oxygens (including phenoxy) is 2. The molecule has 0 saturated heterocycles. The van der Waals surface area contributed by atoms with Crippen molar-refractivity contribution >= 4 is 17.9 Å². The minimum absolute atomic E-state index is 0.273. The van der Waals surface area contributed by atoms with Gasteiger partial charge in [-0.15, -0.1) is 11.8 Å². The molecule has 5 heteroatoms. The Balaban J connectivity index is 1.66. The predicted octanol–water partition coefficient (Wildman–Crippen LogP) is 3.94. The fourth-order valence-electron chi connectivity index (χ4n) is 2.46. The molecule has 0 radical (unpaired) electrons. The molecule has 1 aliphatic rings. The monoisotopic (exact) mass is 329 g/mol. The zero-order valence-corrected chi connectivity index (χ0v) is 13.8. The summed E-state index contributed by atoms with van der Waals surface area (Å²) in [5.74, 6) is 1.67. The first-order valence-corrected chi connectivity index (χ1v) is 8.50. The van der Waals surface area contributed by atoms with Gasteiger partial charge >= 0.3 is 6.09 Å². The summed E-state index contributed by atoms with van der Waals surface area (Å²) in [6.45, 7) is 1.52. The molecule has 120 valence electrons. The molecule has 0 aromatic heterocycles. The molecule has 1 amide bonds. The predicted molar refractivity (Wildman–Crippen MR) is 90.8 cm³/mol. The van der Waals surface area contributed by atoms with Gasteiger partial charge in [-0.2, -0.15) is 0 Å². The molecule has 0 bridgehead atoms. The van der Waals surface area contributed by atoms with Gasteiger partial charge in [0.15, 0.2) is 0 Å². The molecule has 0 saturated carbocycles. The summed E-state index contributed by atoms with van der Waals surface area (Å²) in [5, 5.41) is 0. The van der Waals surface area contributed by atoms with Crippen LogP contribution in [0.15, 0.2) is 53.4 Å². The number of rotatable bonds is 3. The van der Waals surface area contributed by atoms with Crippen LogP contribution >= 0.6 is 11.8 Å². The lowest BCUT2D eigenvalue weighted by Crippen LogP contribution is -2.32. The largest absolute Gasteiger partial charge is 0.497 e. The van der Waals surface area contributed by atoms with Gasteiger partial charge in [0.2, 0.25) is 0 Å². The Morgan fingerprint density at radius 1 is 1.22 bits per heavy atom. The summed E-state index contributed by atoms with van der Waals surface area (Å²) in [7, 11) is 1.65. The molecular formula is C18H19NO3S. The molecule has 1 aliphatic heterocycles. The Hall–Kier alpha value is -2.14. The molecule has 0 spiro atoms. The molecule has 0 aliphatic carbocycles. The van der Waals surface area contributed by atoms with Crippen molar-refractivity contribution in [3.63, 3.8) is 0 Å². The molecule has 2 aromatic rings. The van der Waals surface area contributed by atoms with E-state index in [9.17, 15) is 4.79 Å². The molecule has 1 heterocycles. The van der Waals surface area contributed by atoms with E-state index in [0.29, 0.717) is 19.7 Å². The van der Waals surface area contributed by atoms with Gasteiger partial charge in [-0.25, -0.2) is 4.79 Å². The van der Waals surface area contributed by atoms with Crippen LogP contribution in [0.1, 0.15) is 11.1 Å². The highest BCUT2D eigenvalue weighted by Gasteiger charge is 2.21. The second-order valence-corrected chi connectivity index (χ2v) is 6.42. The van der Waals surface area contributed by atoms with Crippen LogP contribution in [-0.2, 0) is 17.9 Å². The fraction of sp³-hybridized carbons (Fsp3) is 0.278. The first-order chi connectivity index (χ1) is 11.3. The summed E-state index contributed by atoms with van der Waals surface area (Å²) < 4.78 is 10.7. The number of carbonyl (C=O) groups excluding carboxylic acids is 1. The second kappa shape index (κ2) is 7.42. The fourth-order valence-corrected chi connectivity index (χ4v) is 3.47. The normalized spacial score (nSPS) is 13.9. The van der Waals surface area contributed by atoms with Gasteiger partial charge in [-0.1, -0.05) is 30.3 Å². The topological polar surface area (TPSA) is 38.8 Å². The zero-order chi connectivity index (χ0) is 16.1. The third kappa shape index (κ3) is 3.99. The molecule has 23 heavy (non-hydrogen) atoms. The second-order valence-electron chi connectivity index (χ2n) is 5.28. The molecule has 0 unspecified atom stereocenters. The summed E-state index contributed by atoms with van der Waals surface area (Å²) >= 11 is 1.76. The average molecular weight is 329 g/mol. The minimum Gasteiger partial charge on any atom is -0.497 e. The van der Waals surface area contributed by atoms with E-state index in [1.54, 1.807) is 23.8 Å². The molecule has 2 aromatic carbocycles. The maximum absolute atomic E-state index is 12.4. The average Bonchev–Trinajstić information content (AvgIpc) is 2.82. The Morgan fingerprint density at radius 3 is 2.83 bits per heavy atom. The van der Waals surface area contributed by atoms with Crippen LogP contribution in [0.25, 0.3) is 0 Å². The number of methoxy groups -OCH3 is 1. The number of nitrogens with zero attached hydrogens (tertiary/aromatic N) is 1. The SMILES string of the molecule is COc1ccc2c(c1)CN(C(=O)OCc1ccccc1)CCS2. The van der Waals surface area contributed by atoms with Crippen LogP contribution in [0.5, 0.6) is 5.75 Å². The lowest BCUT2D eigenvalue weighted by atomic mass is 10.2. The maximum atomic E-state index is 12.4. The van der Waals surface area contributed by atoms with Crippen molar-refractivity contribution in [3.05, 3.63) is 59.7 Å². The van der Waals surface area contributed by atoms with E-state index in [1.165, 1.54) is 4.90 Å². The molecule has 3 rings (SSSR count). The van der Waals surface area contributed by atoms with E-state index in [4.69, 9.17) is 9.47 Å². The highest BCUT2D eigenvalue weighted by molar-refractivity contribution is 7.99. The van der Waals surface area contributed by atoms with E-state index >= 15 is 0 Å². The lowest BCUT2D eigenvalue weighted by Gasteiger charge is -2.20. The number of fused-ring (bicyclic) bond motifs is 1. The van der Waals surface area contributed by atoms with E-state index in [-0.39, 0.29) is 6.09 Å². The van der Waals surface area contributed by atoms with Gasteiger partial charge in [0.25, 0.3) is 0 Å². The van der Waals surface area contributed by atoms with E-state index in [0.717, 1.165) is 22.6 Å². The van der Waals surface area contributed by atoms with Crippen molar-refractivity contribution < 1.29 is 14.3 Å². The summed E-state index contributed by atoms with van der Waals surface area (Å²) in [6, 6.07) is 15.7. The molecule has 4 nitrogen and oxygen atoms in total. The number of hydrogen-bond acceptors (Lipinski definition) is 4. The lowest BCUT2D eigenvalue weighted by molar-refractivity contribution is 0.0960. The van der Waals surface area contributed by atoms with Crippen LogP contribution in [0, 0.1) is 0 Å².